The topological polar surface area (TPSA) is 37.4 Å². The van der Waals surface area contributed by atoms with Crippen molar-refractivity contribution in [3.63, 3.8) is 0 Å². The molecule has 0 saturated heterocycles. The number of halogens is 2. The molecule has 0 radical (unpaired) electrons. The minimum atomic E-state index is -3.45. The second-order valence-corrected chi connectivity index (χ2v) is 9.28. The monoisotopic (exact) mass is 407 g/mol. The first-order chi connectivity index (χ1) is 9.93. The molecule has 0 aliphatic carbocycles. The van der Waals surface area contributed by atoms with Crippen LogP contribution in [0.3, 0.4) is 0 Å². The molecule has 0 bridgehead atoms. The van der Waals surface area contributed by atoms with Gasteiger partial charge in [0, 0.05) is 28.8 Å². The van der Waals surface area contributed by atoms with Crippen LogP contribution in [0.4, 0.5) is 0 Å². The zero-order valence-corrected chi connectivity index (χ0v) is 15.4. The fourth-order valence-electron chi connectivity index (χ4n) is 1.81. The van der Waals surface area contributed by atoms with Crippen LogP contribution in [0.1, 0.15) is 10.4 Å². The molecular weight excluding hydrogens is 394 g/mol. The van der Waals surface area contributed by atoms with Crippen LogP contribution >= 0.6 is 38.9 Å². The standard InChI is InChI=1S/C14H15BrClNO2S2/c1-17(10-11-2-4-12(15)5-3-11)21(18,19)14-7-6-13(20-14)8-9-16/h2-7H,8-10H2,1H3. The van der Waals surface area contributed by atoms with Gasteiger partial charge in [0.2, 0.25) is 0 Å². The number of benzene rings is 1. The highest BCUT2D eigenvalue weighted by atomic mass is 79.9. The van der Waals surface area contributed by atoms with Crippen molar-refractivity contribution in [1.82, 2.24) is 4.31 Å². The Bertz CT molecular complexity index is 698. The summed E-state index contributed by atoms with van der Waals surface area (Å²) in [5, 5.41) is 0. The van der Waals surface area contributed by atoms with Crippen molar-refractivity contribution < 1.29 is 8.42 Å². The third-order valence-electron chi connectivity index (χ3n) is 2.96. The number of aryl methyl sites for hydroxylation is 1. The van der Waals surface area contributed by atoms with Crippen molar-refractivity contribution in [1.29, 1.82) is 0 Å². The van der Waals surface area contributed by atoms with Crippen molar-refractivity contribution in [2.24, 2.45) is 0 Å². The van der Waals surface area contributed by atoms with Gasteiger partial charge in [-0.1, -0.05) is 28.1 Å². The average Bonchev–Trinajstić information content (AvgIpc) is 2.91. The zero-order valence-electron chi connectivity index (χ0n) is 11.4. The summed E-state index contributed by atoms with van der Waals surface area (Å²) >= 11 is 10.3. The number of sulfonamides is 1. The summed E-state index contributed by atoms with van der Waals surface area (Å²) in [5.41, 5.74) is 0.946. The maximum Gasteiger partial charge on any atom is 0.252 e. The molecule has 0 fully saturated rings. The van der Waals surface area contributed by atoms with E-state index < -0.39 is 10.0 Å². The second-order valence-electron chi connectivity index (χ2n) is 4.55. The van der Waals surface area contributed by atoms with Crippen LogP contribution in [0.15, 0.2) is 45.1 Å². The molecule has 7 heteroatoms. The second kappa shape index (κ2) is 7.24. The Balaban J connectivity index is 2.15. The Morgan fingerprint density at radius 3 is 2.48 bits per heavy atom. The van der Waals surface area contributed by atoms with Gasteiger partial charge in [0.05, 0.1) is 0 Å². The van der Waals surface area contributed by atoms with Gasteiger partial charge in [-0.15, -0.1) is 22.9 Å². The van der Waals surface area contributed by atoms with Crippen LogP contribution in [-0.2, 0) is 23.0 Å². The first-order valence-electron chi connectivity index (χ1n) is 6.29. The third-order valence-corrected chi connectivity index (χ3v) is 7.09. The van der Waals surface area contributed by atoms with Crippen LogP contribution in [0.5, 0.6) is 0 Å². The largest absolute Gasteiger partial charge is 0.252 e. The zero-order chi connectivity index (χ0) is 15.5. The van der Waals surface area contributed by atoms with Crippen molar-refractivity contribution in [2.45, 2.75) is 17.2 Å². The Morgan fingerprint density at radius 1 is 1.19 bits per heavy atom. The van der Waals surface area contributed by atoms with Gasteiger partial charge in [-0.25, -0.2) is 8.42 Å². The SMILES string of the molecule is CN(Cc1ccc(Br)cc1)S(=O)(=O)c1ccc(CCCl)s1. The number of alkyl halides is 1. The molecule has 0 aliphatic heterocycles. The molecule has 3 nitrogen and oxygen atoms in total. The third kappa shape index (κ3) is 4.29. The molecule has 1 aromatic heterocycles. The van der Waals surface area contributed by atoms with Gasteiger partial charge < -0.3 is 0 Å². The molecular formula is C14H15BrClNO2S2. The number of hydrogen-bond acceptors (Lipinski definition) is 3. The molecule has 0 atom stereocenters. The van der Waals surface area contributed by atoms with E-state index in [4.69, 9.17) is 11.6 Å². The van der Waals surface area contributed by atoms with Crippen LogP contribution in [-0.4, -0.2) is 25.7 Å². The van der Waals surface area contributed by atoms with E-state index in [0.717, 1.165) is 14.9 Å². The minimum Gasteiger partial charge on any atom is -0.206 e. The van der Waals surface area contributed by atoms with E-state index in [0.29, 0.717) is 23.1 Å². The van der Waals surface area contributed by atoms with E-state index in [1.165, 1.54) is 15.6 Å². The molecule has 1 aromatic carbocycles. The highest BCUT2D eigenvalue weighted by molar-refractivity contribution is 9.10. The van der Waals surface area contributed by atoms with E-state index in [9.17, 15) is 8.42 Å². The predicted molar refractivity (Wildman–Crippen MR) is 91.5 cm³/mol. The summed E-state index contributed by atoms with van der Waals surface area (Å²) < 4.78 is 27.7. The molecule has 114 valence electrons. The number of hydrogen-bond donors (Lipinski definition) is 0. The van der Waals surface area contributed by atoms with Crippen LogP contribution in [0.2, 0.25) is 0 Å². The molecule has 21 heavy (non-hydrogen) atoms. The number of thiophene rings is 1. The number of rotatable bonds is 6. The molecule has 0 spiro atoms. The van der Waals surface area contributed by atoms with Crippen LogP contribution < -0.4 is 0 Å². The Kier molecular flexibility index (Phi) is 5.85. The van der Waals surface area contributed by atoms with Crippen molar-refractivity contribution in [2.75, 3.05) is 12.9 Å². The predicted octanol–water partition coefficient (Wildman–Crippen LogP) is 4.11. The average molecular weight is 409 g/mol. The molecule has 0 N–H and O–H groups in total. The highest BCUT2D eigenvalue weighted by Crippen LogP contribution is 2.26. The molecule has 0 unspecified atom stereocenters. The van der Waals surface area contributed by atoms with Gasteiger partial charge in [0.15, 0.2) is 0 Å². The molecule has 0 amide bonds. The Labute approximate surface area is 142 Å². The summed E-state index contributed by atoms with van der Waals surface area (Å²) in [7, 11) is -1.85. The van der Waals surface area contributed by atoms with Crippen molar-refractivity contribution in [3.05, 3.63) is 51.3 Å². The Hall–Kier alpha value is -0.400. The first kappa shape index (κ1) is 17.0. The van der Waals surface area contributed by atoms with Crippen LogP contribution in [0, 0.1) is 0 Å². The fraction of sp³-hybridized carbons (Fsp3) is 0.286. The quantitative estimate of drug-likeness (QED) is 0.674. The molecule has 0 aliphatic rings. The smallest absolute Gasteiger partial charge is 0.206 e. The summed E-state index contributed by atoms with van der Waals surface area (Å²) in [5.74, 6) is 0.495. The first-order valence-corrected chi connectivity index (χ1v) is 9.87. The minimum absolute atomic E-state index is 0.346. The van der Waals surface area contributed by atoms with Gasteiger partial charge in [0.1, 0.15) is 4.21 Å². The summed E-state index contributed by atoms with van der Waals surface area (Å²) in [6, 6.07) is 11.1. The van der Waals surface area contributed by atoms with Crippen molar-refractivity contribution in [3.8, 4) is 0 Å². The van der Waals surface area contributed by atoms with E-state index in [1.807, 2.05) is 30.3 Å². The normalized spacial score (nSPS) is 12.0. The molecule has 2 aromatic rings. The van der Waals surface area contributed by atoms with Gasteiger partial charge in [-0.2, -0.15) is 4.31 Å². The summed E-state index contributed by atoms with van der Waals surface area (Å²) in [4.78, 5) is 0.987. The van der Waals surface area contributed by atoms with Gasteiger partial charge in [-0.3, -0.25) is 0 Å². The lowest BCUT2D eigenvalue weighted by atomic mass is 10.2. The van der Waals surface area contributed by atoms with Gasteiger partial charge >= 0.3 is 0 Å². The Morgan fingerprint density at radius 2 is 1.86 bits per heavy atom. The van der Waals surface area contributed by atoms with Crippen LogP contribution in [0.25, 0.3) is 0 Å². The van der Waals surface area contributed by atoms with E-state index in [-0.39, 0.29) is 0 Å². The van der Waals surface area contributed by atoms with E-state index >= 15 is 0 Å². The maximum absolute atomic E-state index is 12.5. The lowest BCUT2D eigenvalue weighted by molar-refractivity contribution is 0.468. The van der Waals surface area contributed by atoms with E-state index in [1.54, 1.807) is 13.1 Å². The fourth-order valence-corrected chi connectivity index (χ4v) is 5.11. The molecule has 2 rings (SSSR count). The molecule has 1 heterocycles. The summed E-state index contributed by atoms with van der Waals surface area (Å²) in [6.45, 7) is 0.346. The summed E-state index contributed by atoms with van der Waals surface area (Å²) in [6.07, 6.45) is 0.693. The molecule has 0 saturated carbocycles. The van der Waals surface area contributed by atoms with Crippen molar-refractivity contribution >= 4 is 48.9 Å². The van der Waals surface area contributed by atoms with Gasteiger partial charge in [0.25, 0.3) is 10.0 Å². The number of nitrogens with zero attached hydrogens (tertiary/aromatic N) is 1. The lowest BCUT2D eigenvalue weighted by Gasteiger charge is -2.16. The maximum atomic E-state index is 12.5. The highest BCUT2D eigenvalue weighted by Gasteiger charge is 2.22. The lowest BCUT2D eigenvalue weighted by Crippen LogP contribution is -2.25. The van der Waals surface area contributed by atoms with E-state index in [2.05, 4.69) is 15.9 Å². The van der Waals surface area contributed by atoms with Gasteiger partial charge in [-0.05, 0) is 36.2 Å².